The highest BCUT2D eigenvalue weighted by Crippen LogP contribution is 2.34. The van der Waals surface area contributed by atoms with Gasteiger partial charge < -0.3 is 25.8 Å². The van der Waals surface area contributed by atoms with Crippen LogP contribution in [0.3, 0.4) is 0 Å². The Kier molecular flexibility index (Phi) is 8.12. The first-order valence-electron chi connectivity index (χ1n) is 12.7. The molecular weight excluding hydrogens is 480 g/mol. The van der Waals surface area contributed by atoms with Crippen LogP contribution in [0.25, 0.3) is 21.8 Å². The fourth-order valence-electron chi connectivity index (χ4n) is 4.11. The summed E-state index contributed by atoms with van der Waals surface area (Å²) in [6, 6.07) is 21.6. The fourth-order valence-corrected chi connectivity index (χ4v) is 4.11. The van der Waals surface area contributed by atoms with E-state index in [-0.39, 0.29) is 24.9 Å². The third-order valence-corrected chi connectivity index (χ3v) is 6.00. The topological polar surface area (TPSA) is 113 Å². The van der Waals surface area contributed by atoms with Crippen LogP contribution in [0, 0.1) is 5.92 Å². The van der Waals surface area contributed by atoms with Crippen LogP contribution in [0.15, 0.2) is 66.7 Å². The summed E-state index contributed by atoms with van der Waals surface area (Å²) >= 11 is 0. The van der Waals surface area contributed by atoms with Crippen molar-refractivity contribution < 1.29 is 19.4 Å². The van der Waals surface area contributed by atoms with Gasteiger partial charge >= 0.3 is 6.09 Å². The summed E-state index contributed by atoms with van der Waals surface area (Å²) in [5.74, 6) is -0.470. The number of aromatic nitrogens is 1. The Hall–Kier alpha value is -4.17. The summed E-state index contributed by atoms with van der Waals surface area (Å²) in [5, 5.41) is 21.2. The monoisotopic (exact) mass is 514 g/mol. The molecule has 4 aromatic rings. The molecule has 198 valence electrons. The molecule has 1 unspecified atom stereocenters. The molecule has 8 heteroatoms. The van der Waals surface area contributed by atoms with E-state index < -0.39 is 11.7 Å². The van der Waals surface area contributed by atoms with Gasteiger partial charge in [-0.2, -0.15) is 0 Å². The molecule has 4 N–H and O–H groups in total. The average molecular weight is 515 g/mol. The zero-order valence-electron chi connectivity index (χ0n) is 22.2. The molecule has 0 aliphatic carbocycles. The molecule has 0 radical (unpaired) electrons. The quantitative estimate of drug-likeness (QED) is 0.210. The van der Waals surface area contributed by atoms with Gasteiger partial charge in [-0.25, -0.2) is 9.78 Å². The number of fused-ring (bicyclic) bond motifs is 2. The lowest BCUT2D eigenvalue weighted by Crippen LogP contribution is -2.37. The summed E-state index contributed by atoms with van der Waals surface area (Å²) in [7, 11) is 0. The maximum Gasteiger partial charge on any atom is 0.408 e. The molecule has 1 amide bonds. The van der Waals surface area contributed by atoms with Crippen LogP contribution in [0.4, 0.5) is 21.9 Å². The highest BCUT2D eigenvalue weighted by Gasteiger charge is 2.19. The van der Waals surface area contributed by atoms with Crippen molar-refractivity contribution in [1.29, 1.82) is 0 Å². The summed E-state index contributed by atoms with van der Waals surface area (Å²) in [6.45, 7) is 7.24. The van der Waals surface area contributed by atoms with Gasteiger partial charge in [0.05, 0.1) is 29.9 Å². The maximum absolute atomic E-state index is 12.5. The predicted octanol–water partition coefficient (Wildman–Crippen LogP) is 5.77. The second-order valence-corrected chi connectivity index (χ2v) is 10.3. The molecule has 0 fully saturated rings. The molecule has 1 heterocycles. The van der Waals surface area contributed by atoms with Gasteiger partial charge in [0.1, 0.15) is 5.60 Å². The van der Waals surface area contributed by atoms with Crippen molar-refractivity contribution in [3.63, 3.8) is 0 Å². The molecule has 1 atom stereocenters. The molecule has 0 saturated carbocycles. The van der Waals surface area contributed by atoms with Crippen LogP contribution < -0.4 is 16.0 Å². The fraction of sp³-hybridized carbons (Fsp3) is 0.300. The minimum atomic E-state index is -0.626. The Labute approximate surface area is 222 Å². The molecule has 0 aliphatic heterocycles. The van der Waals surface area contributed by atoms with E-state index in [1.54, 1.807) is 27.7 Å². The van der Waals surface area contributed by atoms with Crippen molar-refractivity contribution in [1.82, 2.24) is 10.3 Å². The number of nitrogens with one attached hydrogen (secondary N) is 3. The molecule has 0 saturated heterocycles. The van der Waals surface area contributed by atoms with Crippen LogP contribution in [0.2, 0.25) is 0 Å². The van der Waals surface area contributed by atoms with E-state index in [1.165, 1.54) is 0 Å². The first-order chi connectivity index (χ1) is 18.1. The number of amides is 1. The zero-order valence-corrected chi connectivity index (χ0v) is 22.2. The van der Waals surface area contributed by atoms with Gasteiger partial charge in [-0.15, -0.1) is 0 Å². The van der Waals surface area contributed by atoms with Crippen molar-refractivity contribution in [2.75, 3.05) is 23.7 Å². The van der Waals surface area contributed by atoms with Gasteiger partial charge in [-0.1, -0.05) is 43.3 Å². The number of nitrogens with zero attached hydrogens (tertiary/aromatic N) is 1. The van der Waals surface area contributed by atoms with Crippen LogP contribution in [0.5, 0.6) is 0 Å². The van der Waals surface area contributed by atoms with Crippen LogP contribution in [-0.2, 0) is 16.1 Å². The number of benzene rings is 3. The lowest BCUT2D eigenvalue weighted by molar-refractivity contribution is -0.121. The number of Topliss-reactive ketones (excluding diaryl/α,β-unsaturated/α-hetero) is 1. The molecule has 0 spiro atoms. The number of alkyl carbamates (subject to hydrolysis) is 1. The van der Waals surface area contributed by atoms with Gasteiger partial charge in [0, 0.05) is 34.6 Å². The molecule has 38 heavy (non-hydrogen) atoms. The normalized spacial score (nSPS) is 12.2. The maximum atomic E-state index is 12.5. The highest BCUT2D eigenvalue weighted by molar-refractivity contribution is 6.08. The number of rotatable bonds is 9. The number of hydrogen-bond donors (Lipinski definition) is 4. The van der Waals surface area contributed by atoms with E-state index in [0.717, 1.165) is 44.4 Å². The van der Waals surface area contributed by atoms with Crippen LogP contribution >= 0.6 is 0 Å². The third-order valence-electron chi connectivity index (χ3n) is 6.00. The minimum Gasteiger partial charge on any atom is -0.444 e. The summed E-state index contributed by atoms with van der Waals surface area (Å²) in [4.78, 5) is 29.2. The van der Waals surface area contributed by atoms with Crippen LogP contribution in [-0.4, -0.2) is 40.7 Å². The number of carbonyl (C=O) groups is 2. The Morgan fingerprint density at radius 1 is 0.947 bits per heavy atom. The van der Waals surface area contributed by atoms with E-state index >= 15 is 0 Å². The Morgan fingerprint density at radius 2 is 1.55 bits per heavy atom. The SMILES string of the molecule is CC(CNc1cc(CO)cc(Nc2c3ccccc3nc3ccccc23)c1)C(=O)CNC(=O)OC(C)(C)C. The number of hydrogen-bond acceptors (Lipinski definition) is 7. The van der Waals surface area contributed by atoms with Crippen molar-refractivity contribution in [3.8, 4) is 0 Å². The van der Waals surface area contributed by atoms with Crippen molar-refractivity contribution in [3.05, 3.63) is 72.3 Å². The van der Waals surface area contributed by atoms with Crippen molar-refractivity contribution in [2.45, 2.75) is 39.9 Å². The summed E-state index contributed by atoms with van der Waals surface area (Å²) in [6.07, 6.45) is -0.617. The highest BCUT2D eigenvalue weighted by atomic mass is 16.6. The minimum absolute atomic E-state index is 0.108. The van der Waals surface area contributed by atoms with E-state index in [4.69, 9.17) is 9.72 Å². The number of aliphatic hydroxyl groups excluding tert-OH is 1. The molecule has 8 nitrogen and oxygen atoms in total. The van der Waals surface area contributed by atoms with Gasteiger partial charge in [-0.3, -0.25) is 4.79 Å². The molecule has 0 bridgehead atoms. The van der Waals surface area contributed by atoms with Crippen molar-refractivity contribution >= 4 is 50.7 Å². The van der Waals surface area contributed by atoms with Gasteiger partial charge in [0.15, 0.2) is 5.78 Å². The Balaban J connectivity index is 1.49. The lowest BCUT2D eigenvalue weighted by Gasteiger charge is -2.20. The molecular formula is C30H34N4O4. The number of carbonyl (C=O) groups excluding carboxylic acids is 2. The Morgan fingerprint density at radius 3 is 2.16 bits per heavy atom. The number of ketones is 1. The smallest absolute Gasteiger partial charge is 0.408 e. The first-order valence-corrected chi connectivity index (χ1v) is 12.7. The summed E-state index contributed by atoms with van der Waals surface area (Å²) < 4.78 is 5.19. The average Bonchev–Trinajstić information content (AvgIpc) is 2.89. The second kappa shape index (κ2) is 11.5. The number of aliphatic hydroxyl groups is 1. The van der Waals surface area contributed by atoms with E-state index in [9.17, 15) is 14.7 Å². The predicted molar refractivity (Wildman–Crippen MR) is 152 cm³/mol. The standard InChI is InChI=1S/C30H34N4O4/c1-19(27(36)17-32-29(37)38-30(2,3)4)16-31-21-13-20(18-35)14-22(15-21)33-28-23-9-5-7-11-25(23)34-26-12-8-6-10-24(26)28/h5-15,19,31,35H,16-18H2,1-4H3,(H,32,37)(H,33,34). The molecule has 1 aromatic heterocycles. The zero-order chi connectivity index (χ0) is 27.3. The first kappa shape index (κ1) is 26.9. The number of ether oxygens (including phenoxy) is 1. The van der Waals surface area contributed by atoms with E-state index in [0.29, 0.717) is 6.54 Å². The Bertz CT molecular complexity index is 1410. The number of para-hydroxylation sites is 2. The van der Waals surface area contributed by atoms with E-state index in [2.05, 4.69) is 16.0 Å². The van der Waals surface area contributed by atoms with E-state index in [1.807, 2.05) is 66.7 Å². The molecule has 3 aromatic carbocycles. The molecule has 4 rings (SSSR count). The number of pyridine rings is 1. The van der Waals surface area contributed by atoms with Gasteiger partial charge in [0.25, 0.3) is 0 Å². The summed E-state index contributed by atoms with van der Waals surface area (Å²) in [5.41, 5.74) is 4.37. The van der Waals surface area contributed by atoms with Gasteiger partial charge in [0.2, 0.25) is 0 Å². The lowest BCUT2D eigenvalue weighted by atomic mass is 10.1. The van der Waals surface area contributed by atoms with Gasteiger partial charge in [-0.05, 0) is 56.7 Å². The van der Waals surface area contributed by atoms with Crippen LogP contribution in [0.1, 0.15) is 33.3 Å². The largest absolute Gasteiger partial charge is 0.444 e. The van der Waals surface area contributed by atoms with Crippen molar-refractivity contribution in [2.24, 2.45) is 5.92 Å². The third kappa shape index (κ3) is 6.77. The second-order valence-electron chi connectivity index (χ2n) is 10.3. The molecule has 0 aliphatic rings. The number of anilines is 3.